The third-order valence-electron chi connectivity index (χ3n) is 9.09. The molecule has 46 heavy (non-hydrogen) atoms. The minimum Gasteiger partial charge on any atom is -0.306 e. The number of thiophene rings is 4. The lowest BCUT2D eigenvalue weighted by molar-refractivity contribution is -0.124. The fourth-order valence-corrected chi connectivity index (χ4v) is 12.9. The molecule has 0 bridgehead atoms. The first kappa shape index (κ1) is 34.6. The number of rotatable bonds is 16. The van der Waals surface area contributed by atoms with E-state index in [2.05, 4.69) is 83.8 Å². The van der Waals surface area contributed by atoms with Crippen molar-refractivity contribution in [2.24, 2.45) is 11.8 Å². The highest BCUT2D eigenvalue weighted by molar-refractivity contribution is 9.11. The number of halogens is 2. The van der Waals surface area contributed by atoms with E-state index < -0.39 is 0 Å². The first-order chi connectivity index (χ1) is 22.2. The molecule has 2 aliphatic rings. The fourth-order valence-electron chi connectivity index (χ4n) is 6.75. The smallest absolute Gasteiger partial charge is 0.261 e. The second-order valence-corrected chi connectivity index (χ2v) is 20.1. The Bertz CT molecular complexity index is 1610. The number of carbonyl (C=O) groups is 2. The molecule has 4 aromatic heterocycles. The SMILES string of the molecule is CCCCCCC(C)CN1C(=O)C2=C(c3cc4sc(Br)cc4s3)N(CC(C)CCCCCC)C(=O)C2=C1c1cc2sc(Br)cc2s1. The molecule has 0 aromatic carbocycles. The summed E-state index contributed by atoms with van der Waals surface area (Å²) in [5.74, 6) is 0.659. The van der Waals surface area contributed by atoms with Gasteiger partial charge < -0.3 is 9.80 Å². The van der Waals surface area contributed by atoms with Crippen LogP contribution in [0.15, 0.2) is 43.0 Å². The second-order valence-electron chi connectivity index (χ2n) is 13.0. The summed E-state index contributed by atoms with van der Waals surface area (Å²) in [6.45, 7) is 10.3. The van der Waals surface area contributed by atoms with Crippen molar-refractivity contribution in [1.29, 1.82) is 0 Å². The molecule has 2 unspecified atom stereocenters. The lowest BCUT2D eigenvalue weighted by atomic mass is 10.0. The predicted molar refractivity (Wildman–Crippen MR) is 208 cm³/mol. The zero-order chi connectivity index (χ0) is 32.5. The average molecular weight is 823 g/mol. The predicted octanol–water partition coefficient (Wildman–Crippen LogP) is 12.8. The number of hydrogen-bond acceptors (Lipinski definition) is 6. The molecule has 0 spiro atoms. The van der Waals surface area contributed by atoms with Crippen molar-refractivity contribution in [3.63, 3.8) is 0 Å². The number of fused-ring (bicyclic) bond motifs is 3. The Hall–Kier alpha value is -1.30. The molecule has 0 saturated carbocycles. The van der Waals surface area contributed by atoms with Gasteiger partial charge in [-0.15, -0.1) is 45.3 Å². The Morgan fingerprint density at radius 3 is 1.35 bits per heavy atom. The van der Waals surface area contributed by atoms with E-state index in [0.717, 1.165) is 41.6 Å². The molecule has 4 nitrogen and oxygen atoms in total. The summed E-state index contributed by atoms with van der Waals surface area (Å²) in [4.78, 5) is 35.5. The van der Waals surface area contributed by atoms with Crippen LogP contribution in [0.2, 0.25) is 0 Å². The van der Waals surface area contributed by atoms with Crippen LogP contribution >= 0.6 is 77.2 Å². The summed E-state index contributed by atoms with van der Waals surface area (Å²) in [7, 11) is 0. The Morgan fingerprint density at radius 1 is 0.587 bits per heavy atom. The van der Waals surface area contributed by atoms with Gasteiger partial charge in [-0.1, -0.05) is 79.1 Å². The van der Waals surface area contributed by atoms with Gasteiger partial charge in [-0.25, -0.2) is 0 Å². The first-order valence-electron chi connectivity index (χ1n) is 16.7. The van der Waals surface area contributed by atoms with E-state index in [-0.39, 0.29) is 11.8 Å². The van der Waals surface area contributed by atoms with Gasteiger partial charge >= 0.3 is 0 Å². The Kier molecular flexibility index (Phi) is 11.3. The minimum atomic E-state index is -0.0114. The molecule has 10 heteroatoms. The topological polar surface area (TPSA) is 40.6 Å². The molecule has 246 valence electrons. The van der Waals surface area contributed by atoms with Gasteiger partial charge in [-0.05, 0) is 80.8 Å². The average Bonchev–Trinajstić information content (AvgIpc) is 3.83. The van der Waals surface area contributed by atoms with Crippen LogP contribution in [0.4, 0.5) is 0 Å². The molecule has 0 fully saturated rings. The van der Waals surface area contributed by atoms with E-state index >= 15 is 0 Å². The Balaban J connectivity index is 1.44. The van der Waals surface area contributed by atoms with Crippen molar-refractivity contribution >= 4 is 119 Å². The zero-order valence-corrected chi connectivity index (χ0v) is 33.5. The lowest BCUT2D eigenvalue weighted by Crippen LogP contribution is -2.33. The molecule has 0 N–H and O–H groups in total. The number of amides is 2. The number of nitrogens with zero attached hydrogens (tertiary/aromatic N) is 2. The lowest BCUT2D eigenvalue weighted by Gasteiger charge is -2.27. The fraction of sp³-hybridized carbons (Fsp3) is 0.500. The van der Waals surface area contributed by atoms with Gasteiger partial charge in [0.25, 0.3) is 11.8 Å². The van der Waals surface area contributed by atoms with Crippen LogP contribution in [-0.4, -0.2) is 34.7 Å². The molecular formula is C36H42Br2N2O2S4. The second kappa shape index (κ2) is 15.1. The van der Waals surface area contributed by atoms with Crippen LogP contribution in [0.25, 0.3) is 30.2 Å². The molecule has 0 radical (unpaired) electrons. The minimum absolute atomic E-state index is 0.0114. The maximum absolute atomic E-state index is 14.7. The van der Waals surface area contributed by atoms with E-state index in [1.54, 1.807) is 45.3 Å². The highest BCUT2D eigenvalue weighted by Crippen LogP contribution is 2.51. The van der Waals surface area contributed by atoms with Crippen molar-refractivity contribution in [3.05, 3.63) is 52.7 Å². The summed E-state index contributed by atoms with van der Waals surface area (Å²) in [6.07, 6.45) is 11.9. The van der Waals surface area contributed by atoms with Crippen molar-refractivity contribution in [1.82, 2.24) is 9.80 Å². The molecule has 2 atom stereocenters. The van der Waals surface area contributed by atoms with E-state index in [1.165, 1.54) is 70.2 Å². The third kappa shape index (κ3) is 7.04. The zero-order valence-electron chi connectivity index (χ0n) is 27.0. The summed E-state index contributed by atoms with van der Waals surface area (Å²) < 4.78 is 6.94. The highest BCUT2D eigenvalue weighted by Gasteiger charge is 2.50. The number of hydrogen-bond donors (Lipinski definition) is 0. The van der Waals surface area contributed by atoms with E-state index in [0.29, 0.717) is 36.1 Å². The van der Waals surface area contributed by atoms with E-state index in [1.807, 2.05) is 9.80 Å². The normalized spacial score (nSPS) is 16.7. The monoisotopic (exact) mass is 820 g/mol. The van der Waals surface area contributed by atoms with Gasteiger partial charge in [-0.2, -0.15) is 0 Å². The largest absolute Gasteiger partial charge is 0.306 e. The molecule has 6 rings (SSSR count). The number of carbonyl (C=O) groups excluding carboxylic acids is 2. The molecule has 6 heterocycles. The number of unbranched alkanes of at least 4 members (excludes halogenated alkanes) is 6. The van der Waals surface area contributed by atoms with Crippen molar-refractivity contribution in [3.8, 4) is 0 Å². The molecule has 4 aromatic rings. The Morgan fingerprint density at radius 2 is 0.978 bits per heavy atom. The quantitative estimate of drug-likeness (QED) is 0.106. The van der Waals surface area contributed by atoms with Crippen molar-refractivity contribution in [2.45, 2.75) is 91.9 Å². The van der Waals surface area contributed by atoms with Crippen LogP contribution < -0.4 is 0 Å². The molecule has 0 aliphatic carbocycles. The van der Waals surface area contributed by atoms with Crippen molar-refractivity contribution < 1.29 is 9.59 Å². The molecule has 2 amide bonds. The van der Waals surface area contributed by atoms with Gasteiger partial charge in [0.2, 0.25) is 0 Å². The van der Waals surface area contributed by atoms with E-state index in [4.69, 9.17) is 0 Å². The third-order valence-corrected chi connectivity index (χ3v) is 14.7. The Labute approximate surface area is 305 Å². The van der Waals surface area contributed by atoms with Gasteiger partial charge in [0.1, 0.15) is 0 Å². The van der Waals surface area contributed by atoms with Gasteiger partial charge in [0.15, 0.2) is 0 Å². The maximum Gasteiger partial charge on any atom is 0.261 e. The standard InChI is InChI=1S/C36H42Br2N2O2S4/c1-5-7-9-11-13-21(3)19-39-33(27-15-23-25(43-27)17-29(37)45-23)31-32(35(39)41)34(28-16-24-26(44-28)18-30(38)46-24)40(36(31)42)20-22(4)14-12-10-8-6-2/h15-18,21-22H,5-14,19-20H2,1-4H3. The van der Waals surface area contributed by atoms with Gasteiger partial charge in [0, 0.05) is 31.9 Å². The van der Waals surface area contributed by atoms with Crippen LogP contribution in [0.5, 0.6) is 0 Å². The maximum atomic E-state index is 14.7. The van der Waals surface area contributed by atoms with Gasteiger partial charge in [0.05, 0.1) is 39.9 Å². The summed E-state index contributed by atoms with van der Waals surface area (Å²) in [5.41, 5.74) is 2.88. The molecule has 0 saturated heterocycles. The molecular weight excluding hydrogens is 780 g/mol. The van der Waals surface area contributed by atoms with Gasteiger partial charge in [-0.3, -0.25) is 9.59 Å². The van der Waals surface area contributed by atoms with Crippen LogP contribution in [-0.2, 0) is 9.59 Å². The van der Waals surface area contributed by atoms with Crippen molar-refractivity contribution in [2.75, 3.05) is 13.1 Å². The van der Waals surface area contributed by atoms with Crippen LogP contribution in [0, 0.1) is 11.8 Å². The summed E-state index contributed by atoms with van der Waals surface area (Å²) in [5, 5.41) is 0. The summed E-state index contributed by atoms with van der Waals surface area (Å²) in [6, 6.07) is 8.69. The molecule has 2 aliphatic heterocycles. The highest BCUT2D eigenvalue weighted by atomic mass is 79.9. The van der Waals surface area contributed by atoms with E-state index in [9.17, 15) is 9.59 Å². The first-order valence-corrected chi connectivity index (χ1v) is 21.6. The van der Waals surface area contributed by atoms with Crippen LogP contribution in [0.1, 0.15) is 102 Å². The summed E-state index contributed by atoms with van der Waals surface area (Å²) >= 11 is 14.1. The van der Waals surface area contributed by atoms with Crippen LogP contribution in [0.3, 0.4) is 0 Å².